The number of halogens is 2. The van der Waals surface area contributed by atoms with Crippen LogP contribution in [-0.4, -0.2) is 5.97 Å². The van der Waals surface area contributed by atoms with Gasteiger partial charge in [-0.05, 0) is 39.0 Å². The molecule has 0 saturated carbocycles. The first-order valence-corrected chi connectivity index (χ1v) is 5.52. The summed E-state index contributed by atoms with van der Waals surface area (Å²) in [5.41, 5.74) is 0.994. The van der Waals surface area contributed by atoms with E-state index in [0.29, 0.717) is 0 Å². The summed E-state index contributed by atoms with van der Waals surface area (Å²) < 4.78 is 5.46. The van der Waals surface area contributed by atoms with Crippen molar-refractivity contribution in [1.82, 2.24) is 0 Å². The van der Waals surface area contributed by atoms with Crippen molar-refractivity contribution in [3.63, 3.8) is 0 Å². The molecule has 0 aliphatic carbocycles. The first kappa shape index (κ1) is 10.2. The third-order valence-corrected chi connectivity index (χ3v) is 3.03. The largest absolute Gasteiger partial charge is 0.391 e. The number of rotatable bonds is 2. The van der Waals surface area contributed by atoms with Crippen LogP contribution in [0, 0.1) is 0 Å². The van der Waals surface area contributed by atoms with Crippen LogP contribution in [0.1, 0.15) is 5.56 Å². The Morgan fingerprint density at radius 2 is 2.50 bits per heavy atom. The van der Waals surface area contributed by atoms with Gasteiger partial charge in [0.15, 0.2) is 23.0 Å². The number of thiophene rings is 1. The number of carbonyl (C=O) groups excluding carboxylic acids is 1. The van der Waals surface area contributed by atoms with Gasteiger partial charge in [-0.1, -0.05) is 0 Å². The quantitative estimate of drug-likeness (QED) is 0.598. The maximum absolute atomic E-state index is 10.7. The Morgan fingerprint density at radius 1 is 1.75 bits per heavy atom. The van der Waals surface area contributed by atoms with E-state index in [-0.39, 0.29) is 5.97 Å². The van der Waals surface area contributed by atoms with Gasteiger partial charge in [0.2, 0.25) is 0 Å². The fourth-order valence-electron chi connectivity index (χ4n) is 0.601. The highest BCUT2D eigenvalue weighted by Gasteiger charge is 1.95. The highest BCUT2D eigenvalue weighted by atomic mass is 127. The number of hydrogen-bond donors (Lipinski definition) is 0. The Balaban J connectivity index is 2.63. The predicted molar refractivity (Wildman–Crippen MR) is 61.2 cm³/mol. The molecule has 0 saturated heterocycles. The summed E-state index contributed by atoms with van der Waals surface area (Å²) in [4.78, 5) is 10.7. The van der Waals surface area contributed by atoms with Crippen LogP contribution in [0.25, 0.3) is 6.08 Å². The summed E-state index contributed by atoms with van der Waals surface area (Å²) in [6, 6.07) is 1.93. The van der Waals surface area contributed by atoms with Gasteiger partial charge >= 0.3 is 5.97 Å². The van der Waals surface area contributed by atoms with E-state index in [1.807, 2.05) is 11.4 Å². The van der Waals surface area contributed by atoms with E-state index in [1.165, 1.54) is 6.08 Å². The Bertz CT molecular complexity index is 308. The lowest BCUT2D eigenvalue weighted by atomic mass is 10.3. The van der Waals surface area contributed by atoms with E-state index in [1.54, 1.807) is 40.4 Å². The average molecular weight is 359 g/mol. The molecule has 0 atom stereocenters. The lowest BCUT2D eigenvalue weighted by Crippen LogP contribution is -1.87. The smallest absolute Gasteiger partial charge is 0.340 e. The molecule has 0 radical (unpaired) electrons. The molecule has 1 aromatic rings. The lowest BCUT2D eigenvalue weighted by Gasteiger charge is -1.84. The van der Waals surface area contributed by atoms with Gasteiger partial charge < -0.3 is 3.07 Å². The molecule has 1 heterocycles. The van der Waals surface area contributed by atoms with Crippen LogP contribution in [0.2, 0.25) is 0 Å². The van der Waals surface area contributed by atoms with Crippen molar-refractivity contribution >= 4 is 62.3 Å². The Hall–Kier alpha value is 0.120. The van der Waals surface area contributed by atoms with Gasteiger partial charge in [-0.2, -0.15) is 0 Å². The van der Waals surface area contributed by atoms with Gasteiger partial charge in [-0.25, -0.2) is 4.79 Å². The second-order valence-electron chi connectivity index (χ2n) is 1.91. The summed E-state index contributed by atoms with van der Waals surface area (Å²) in [5, 5.41) is 1.95. The standard InChI is InChI=1S/C7H4BrIO2S/c8-6-3-5(4-12-6)1-2-7(10)11-9/h1-4H/b2-1+. The summed E-state index contributed by atoms with van der Waals surface area (Å²) in [7, 11) is 0. The molecule has 12 heavy (non-hydrogen) atoms. The molecule has 0 spiro atoms. The topological polar surface area (TPSA) is 26.3 Å². The van der Waals surface area contributed by atoms with Gasteiger partial charge in [0, 0.05) is 6.08 Å². The zero-order valence-electron chi connectivity index (χ0n) is 5.79. The Labute approximate surface area is 96.4 Å². The van der Waals surface area contributed by atoms with Crippen LogP contribution < -0.4 is 0 Å². The molecule has 0 aromatic carbocycles. The molecule has 1 aromatic heterocycles. The van der Waals surface area contributed by atoms with Crippen molar-refractivity contribution in [2.75, 3.05) is 0 Å². The monoisotopic (exact) mass is 358 g/mol. The van der Waals surface area contributed by atoms with Crippen LogP contribution in [0.5, 0.6) is 0 Å². The molecule has 0 unspecified atom stereocenters. The van der Waals surface area contributed by atoms with E-state index in [0.717, 1.165) is 9.35 Å². The molecule has 5 heteroatoms. The third-order valence-electron chi connectivity index (χ3n) is 1.08. The minimum Gasteiger partial charge on any atom is -0.391 e. The minimum absolute atomic E-state index is 0.349. The van der Waals surface area contributed by atoms with E-state index in [2.05, 4.69) is 19.0 Å². The zero-order chi connectivity index (χ0) is 8.97. The van der Waals surface area contributed by atoms with Crippen LogP contribution >= 0.6 is 50.3 Å². The van der Waals surface area contributed by atoms with Crippen LogP contribution in [0.4, 0.5) is 0 Å². The molecule has 64 valence electrons. The van der Waals surface area contributed by atoms with Crippen LogP contribution in [0.15, 0.2) is 21.3 Å². The molecule has 0 amide bonds. The van der Waals surface area contributed by atoms with Crippen LogP contribution in [-0.2, 0) is 7.86 Å². The highest BCUT2D eigenvalue weighted by Crippen LogP contribution is 2.21. The molecule has 0 N–H and O–H groups in total. The van der Waals surface area contributed by atoms with Crippen LogP contribution in [0.3, 0.4) is 0 Å². The first-order chi connectivity index (χ1) is 5.72. The molecular weight excluding hydrogens is 355 g/mol. The second-order valence-corrected chi connectivity index (χ2v) is 4.64. The minimum atomic E-state index is -0.349. The van der Waals surface area contributed by atoms with Gasteiger partial charge in [0.25, 0.3) is 0 Å². The van der Waals surface area contributed by atoms with Crippen molar-refractivity contribution in [3.05, 3.63) is 26.9 Å². The lowest BCUT2D eigenvalue weighted by molar-refractivity contribution is -0.126. The SMILES string of the molecule is O=C(/C=C/c1csc(Br)c1)OI. The summed E-state index contributed by atoms with van der Waals surface area (Å²) in [6.45, 7) is 0. The molecule has 0 aliphatic heterocycles. The second kappa shape index (κ2) is 4.98. The fraction of sp³-hybridized carbons (Fsp3) is 0. The van der Waals surface area contributed by atoms with E-state index in [4.69, 9.17) is 0 Å². The van der Waals surface area contributed by atoms with Crippen molar-refractivity contribution in [2.45, 2.75) is 0 Å². The zero-order valence-corrected chi connectivity index (χ0v) is 10.4. The predicted octanol–water partition coefficient (Wildman–Crippen LogP) is 3.42. The number of carbonyl (C=O) groups is 1. The van der Waals surface area contributed by atoms with Gasteiger partial charge in [0.05, 0.1) is 3.79 Å². The number of hydrogen-bond acceptors (Lipinski definition) is 3. The molecule has 2 nitrogen and oxygen atoms in total. The maximum atomic E-state index is 10.7. The van der Waals surface area contributed by atoms with Crippen molar-refractivity contribution in [1.29, 1.82) is 0 Å². The molecule has 1 rings (SSSR count). The van der Waals surface area contributed by atoms with E-state index in [9.17, 15) is 4.79 Å². The molecule has 0 bridgehead atoms. The maximum Gasteiger partial charge on any atom is 0.340 e. The van der Waals surface area contributed by atoms with Gasteiger partial charge in [0.1, 0.15) is 0 Å². The van der Waals surface area contributed by atoms with Crippen molar-refractivity contribution in [3.8, 4) is 0 Å². The molecular formula is C7H4BrIO2S. The third kappa shape index (κ3) is 3.24. The summed E-state index contributed by atoms with van der Waals surface area (Å²) in [6.07, 6.45) is 3.10. The fourth-order valence-corrected chi connectivity index (χ4v) is 1.89. The average Bonchev–Trinajstić information content (AvgIpc) is 2.47. The summed E-state index contributed by atoms with van der Waals surface area (Å²) in [5.74, 6) is -0.349. The van der Waals surface area contributed by atoms with Gasteiger partial charge in [-0.3, -0.25) is 0 Å². The molecule has 0 fully saturated rings. The van der Waals surface area contributed by atoms with Crippen molar-refractivity contribution in [2.24, 2.45) is 0 Å². The molecule has 0 aliphatic rings. The Morgan fingerprint density at radius 3 is 3.00 bits per heavy atom. The van der Waals surface area contributed by atoms with Gasteiger partial charge in [-0.15, -0.1) is 11.3 Å². The van der Waals surface area contributed by atoms with E-state index < -0.39 is 0 Å². The van der Waals surface area contributed by atoms with Crippen molar-refractivity contribution < 1.29 is 7.86 Å². The van der Waals surface area contributed by atoms with E-state index >= 15 is 0 Å². The summed E-state index contributed by atoms with van der Waals surface area (Å²) >= 11 is 6.45. The Kier molecular flexibility index (Phi) is 4.24. The highest BCUT2D eigenvalue weighted by molar-refractivity contribution is 14.1. The first-order valence-electron chi connectivity index (χ1n) is 2.97. The normalized spacial score (nSPS) is 10.5.